The third kappa shape index (κ3) is 8.39. The van der Waals surface area contributed by atoms with Crippen LogP contribution in [0.3, 0.4) is 0 Å². The zero-order valence-electron chi connectivity index (χ0n) is 20.8. The van der Waals surface area contributed by atoms with Gasteiger partial charge in [0.15, 0.2) is 0 Å². The molecule has 1 aromatic rings. The van der Waals surface area contributed by atoms with Crippen LogP contribution in [-0.2, 0) is 6.54 Å². The molecule has 0 bridgehead atoms. The van der Waals surface area contributed by atoms with Crippen molar-refractivity contribution in [3.63, 3.8) is 0 Å². The fourth-order valence-electron chi connectivity index (χ4n) is 5.16. The fraction of sp³-hybridized carbons (Fsp3) is 0.630. The van der Waals surface area contributed by atoms with Gasteiger partial charge in [0.25, 0.3) is 0 Å². The van der Waals surface area contributed by atoms with Crippen LogP contribution in [-0.4, -0.2) is 54.0 Å². The fourth-order valence-corrected chi connectivity index (χ4v) is 5.55. The monoisotopic (exact) mass is 495 g/mol. The van der Waals surface area contributed by atoms with Crippen molar-refractivity contribution in [2.45, 2.75) is 57.9 Å². The highest BCUT2D eigenvalue weighted by Crippen LogP contribution is 2.39. The first-order chi connectivity index (χ1) is 16.1. The maximum absolute atomic E-state index is 13.6. The number of halogens is 3. The van der Waals surface area contributed by atoms with Crippen molar-refractivity contribution >= 4 is 9.24 Å². The third-order valence-electron chi connectivity index (χ3n) is 6.97. The highest BCUT2D eigenvalue weighted by Gasteiger charge is 2.41. The number of likely N-dealkylation sites (tertiary alicyclic amines) is 1. The van der Waals surface area contributed by atoms with Crippen molar-refractivity contribution in [1.82, 2.24) is 15.1 Å². The molecule has 1 N–H and O–H groups in total. The normalized spacial score (nSPS) is 31.1. The summed E-state index contributed by atoms with van der Waals surface area (Å²) in [5.74, 6) is -0.318. The molecule has 190 valence electrons. The number of allylic oxidation sites excluding steroid dienone is 3. The van der Waals surface area contributed by atoms with Gasteiger partial charge in [-0.15, -0.1) is 9.24 Å². The van der Waals surface area contributed by atoms with Crippen LogP contribution in [0.2, 0.25) is 0 Å². The Morgan fingerprint density at radius 1 is 1.21 bits per heavy atom. The number of hydrogen-bond donors (Lipinski definition) is 1. The lowest BCUT2D eigenvalue weighted by Gasteiger charge is -2.29. The van der Waals surface area contributed by atoms with Gasteiger partial charge in [0, 0.05) is 43.5 Å². The van der Waals surface area contributed by atoms with E-state index in [0.717, 1.165) is 39.1 Å². The molecule has 3 nitrogen and oxygen atoms in total. The van der Waals surface area contributed by atoms with Crippen molar-refractivity contribution in [3.8, 4) is 0 Å². The predicted octanol–water partition coefficient (Wildman–Crippen LogP) is 6.06. The molecule has 1 fully saturated rings. The van der Waals surface area contributed by atoms with Gasteiger partial charge < -0.3 is 5.32 Å². The molecule has 0 spiro atoms. The second-order valence-corrected chi connectivity index (χ2v) is 11.8. The second kappa shape index (κ2) is 12.1. The van der Waals surface area contributed by atoms with Gasteiger partial charge in [-0.1, -0.05) is 69.3 Å². The average molecular weight is 496 g/mol. The van der Waals surface area contributed by atoms with E-state index < -0.39 is 17.3 Å². The lowest BCUT2D eigenvalue weighted by Crippen LogP contribution is -2.36. The Bertz CT molecular complexity index is 822. The molecule has 7 heteroatoms. The number of nitrogens with one attached hydrogen (secondary N) is 1. The molecule has 5 atom stereocenters. The first kappa shape index (κ1) is 27.2. The van der Waals surface area contributed by atoms with Crippen LogP contribution < -0.4 is 5.32 Å². The van der Waals surface area contributed by atoms with E-state index in [2.05, 4.69) is 68.5 Å². The Morgan fingerprint density at radius 2 is 1.94 bits per heavy atom. The van der Waals surface area contributed by atoms with E-state index in [0.29, 0.717) is 30.6 Å². The lowest BCUT2D eigenvalue weighted by atomic mass is 9.90. The van der Waals surface area contributed by atoms with Gasteiger partial charge in [-0.05, 0) is 36.8 Å². The molecule has 0 amide bonds. The standard InChI is InChI=1S/C27H41F3N3P/c1-4-13-32(17-22-9-6-5-7-10-22)18-23-19-33(16-21(23)2)20-31-25-11-8-12-26(3,34)15-24(14-25)27(28,29)30/h5-10,12,14,21,23-24,31H,4,11,13,15-20,34H2,1-3H3/b12-8-,25-14+/t21-,23+,24?,26?/m1/s1. The molecule has 1 aliphatic carbocycles. The molecule has 1 aromatic carbocycles. The van der Waals surface area contributed by atoms with Gasteiger partial charge >= 0.3 is 6.18 Å². The Hall–Kier alpha value is -1.36. The van der Waals surface area contributed by atoms with Gasteiger partial charge in [0.1, 0.15) is 0 Å². The summed E-state index contributed by atoms with van der Waals surface area (Å²) in [7, 11) is 2.57. The first-order valence-electron chi connectivity index (χ1n) is 12.5. The average Bonchev–Trinajstić information content (AvgIpc) is 3.09. The summed E-state index contributed by atoms with van der Waals surface area (Å²) in [6, 6.07) is 10.6. The van der Waals surface area contributed by atoms with Crippen molar-refractivity contribution in [3.05, 3.63) is 59.8 Å². The SMILES string of the molecule is CCCN(Cc1ccccc1)C[C@H]1CN(CN/C2=C/C(C(F)(F)F)CC(C)(P)/C=C\C2)C[C@H]1C. The summed E-state index contributed by atoms with van der Waals surface area (Å²) in [5.41, 5.74) is 2.01. The molecule has 2 aliphatic rings. The van der Waals surface area contributed by atoms with E-state index in [-0.39, 0.29) is 6.42 Å². The van der Waals surface area contributed by atoms with Crippen LogP contribution in [0.4, 0.5) is 13.2 Å². The van der Waals surface area contributed by atoms with Gasteiger partial charge in [-0.3, -0.25) is 9.80 Å². The summed E-state index contributed by atoms with van der Waals surface area (Å²) in [4.78, 5) is 4.90. The molecule has 34 heavy (non-hydrogen) atoms. The summed E-state index contributed by atoms with van der Waals surface area (Å²) in [6.07, 6.45) is 2.73. The lowest BCUT2D eigenvalue weighted by molar-refractivity contribution is -0.163. The highest BCUT2D eigenvalue weighted by atomic mass is 31.0. The number of rotatable bonds is 9. The van der Waals surface area contributed by atoms with Crippen LogP contribution in [0.1, 0.15) is 45.6 Å². The molecule has 1 heterocycles. The maximum Gasteiger partial charge on any atom is 0.395 e. The molecule has 1 saturated heterocycles. The summed E-state index contributed by atoms with van der Waals surface area (Å²) in [5, 5.41) is 2.80. The highest BCUT2D eigenvalue weighted by molar-refractivity contribution is 7.19. The van der Waals surface area contributed by atoms with Crippen molar-refractivity contribution in [2.75, 3.05) is 32.8 Å². The summed E-state index contributed by atoms with van der Waals surface area (Å²) < 4.78 is 40.9. The number of alkyl halides is 3. The number of nitrogens with zero attached hydrogens (tertiary/aromatic N) is 2. The molecule has 3 unspecified atom stereocenters. The molecule has 3 rings (SSSR count). The van der Waals surface area contributed by atoms with Crippen LogP contribution >= 0.6 is 9.24 Å². The number of hydrogen-bond acceptors (Lipinski definition) is 3. The Morgan fingerprint density at radius 3 is 2.62 bits per heavy atom. The molecule has 0 saturated carbocycles. The predicted molar refractivity (Wildman–Crippen MR) is 138 cm³/mol. The molecule has 1 aliphatic heterocycles. The smallest absolute Gasteiger partial charge is 0.376 e. The van der Waals surface area contributed by atoms with Crippen molar-refractivity contribution in [2.24, 2.45) is 17.8 Å². The van der Waals surface area contributed by atoms with E-state index in [4.69, 9.17) is 0 Å². The van der Waals surface area contributed by atoms with Gasteiger partial charge in [-0.25, -0.2) is 0 Å². The van der Waals surface area contributed by atoms with Crippen LogP contribution in [0.25, 0.3) is 0 Å². The second-order valence-electron chi connectivity index (χ2n) is 10.5. The van der Waals surface area contributed by atoms with E-state index in [9.17, 15) is 13.2 Å². The van der Waals surface area contributed by atoms with E-state index in [1.807, 2.05) is 19.1 Å². The molecule has 0 radical (unpaired) electrons. The van der Waals surface area contributed by atoms with Crippen molar-refractivity contribution in [1.29, 1.82) is 0 Å². The first-order valence-corrected chi connectivity index (χ1v) is 13.1. The van der Waals surface area contributed by atoms with Crippen molar-refractivity contribution < 1.29 is 13.2 Å². The summed E-state index contributed by atoms with van der Waals surface area (Å²) in [6.45, 7) is 12.0. The van der Waals surface area contributed by atoms with Crippen LogP contribution in [0, 0.1) is 17.8 Å². The molecular formula is C27H41F3N3P. The minimum atomic E-state index is -4.23. The summed E-state index contributed by atoms with van der Waals surface area (Å²) >= 11 is 0. The van der Waals surface area contributed by atoms with Crippen LogP contribution in [0.5, 0.6) is 0 Å². The zero-order valence-corrected chi connectivity index (χ0v) is 22.0. The van der Waals surface area contributed by atoms with Gasteiger partial charge in [0.05, 0.1) is 12.6 Å². The minimum Gasteiger partial charge on any atom is -0.376 e. The molecule has 0 aromatic heterocycles. The van der Waals surface area contributed by atoms with Gasteiger partial charge in [0.2, 0.25) is 0 Å². The maximum atomic E-state index is 13.6. The molecular weight excluding hydrogens is 454 g/mol. The Balaban J connectivity index is 1.57. The zero-order chi connectivity index (χ0) is 24.8. The third-order valence-corrected chi connectivity index (χ3v) is 7.40. The Kier molecular flexibility index (Phi) is 9.65. The van der Waals surface area contributed by atoms with E-state index in [1.165, 1.54) is 11.6 Å². The topological polar surface area (TPSA) is 18.5 Å². The number of benzene rings is 1. The Labute approximate surface area is 206 Å². The quantitative estimate of drug-likeness (QED) is 0.332. The van der Waals surface area contributed by atoms with E-state index >= 15 is 0 Å². The largest absolute Gasteiger partial charge is 0.395 e. The van der Waals surface area contributed by atoms with Crippen LogP contribution in [0.15, 0.2) is 54.3 Å². The van der Waals surface area contributed by atoms with E-state index in [1.54, 1.807) is 0 Å². The van der Waals surface area contributed by atoms with Gasteiger partial charge in [-0.2, -0.15) is 13.2 Å². The minimum absolute atomic E-state index is 0.0420.